The van der Waals surface area contributed by atoms with E-state index in [1.54, 1.807) is 0 Å². The van der Waals surface area contributed by atoms with Crippen molar-refractivity contribution in [2.24, 2.45) is 4.99 Å². The van der Waals surface area contributed by atoms with Crippen LogP contribution in [0.15, 0.2) is 83.9 Å². The standard InChI is InChI=1S/C39H48N4O4S/c1-7-9-13-30-16-19-34(20-17-30)41-39(45)37(38(44)35-25-28(4)43(29(35)5)26-31-14-11-10-12-15-31)42-36-21-18-33(24-27(36)3)32(8-2)22-23-40-48(6,46)47/h10-12,14-21,24-25,32,40H,7-9,13,22-23,26H2,1-6H3,(H,41,45). The predicted molar refractivity (Wildman–Crippen MR) is 196 cm³/mol. The van der Waals surface area contributed by atoms with Crippen molar-refractivity contribution >= 4 is 38.8 Å². The lowest BCUT2D eigenvalue weighted by molar-refractivity contribution is -0.110. The van der Waals surface area contributed by atoms with Gasteiger partial charge < -0.3 is 9.88 Å². The van der Waals surface area contributed by atoms with Crippen molar-refractivity contribution in [1.29, 1.82) is 0 Å². The van der Waals surface area contributed by atoms with Crippen molar-refractivity contribution < 1.29 is 18.0 Å². The first-order valence-corrected chi connectivity index (χ1v) is 18.6. The summed E-state index contributed by atoms with van der Waals surface area (Å²) in [5, 5.41) is 2.92. The fourth-order valence-corrected chi connectivity index (χ4v) is 6.39. The van der Waals surface area contributed by atoms with Crippen LogP contribution in [0.3, 0.4) is 0 Å². The molecule has 1 amide bonds. The summed E-state index contributed by atoms with van der Waals surface area (Å²) in [4.78, 5) is 32.9. The van der Waals surface area contributed by atoms with Gasteiger partial charge in [0, 0.05) is 35.7 Å². The van der Waals surface area contributed by atoms with Crippen molar-refractivity contribution in [3.8, 4) is 0 Å². The smallest absolute Gasteiger partial charge is 0.278 e. The molecule has 0 bridgehead atoms. The van der Waals surface area contributed by atoms with E-state index in [1.165, 1.54) is 5.56 Å². The maximum Gasteiger partial charge on any atom is 0.278 e. The van der Waals surface area contributed by atoms with E-state index < -0.39 is 21.7 Å². The third kappa shape index (κ3) is 9.84. The van der Waals surface area contributed by atoms with Crippen LogP contribution in [0.25, 0.3) is 0 Å². The normalized spacial score (nSPS) is 12.6. The number of unbranched alkanes of at least 4 members (excludes halogenated alkanes) is 1. The molecule has 2 N–H and O–H groups in total. The zero-order chi connectivity index (χ0) is 34.8. The minimum absolute atomic E-state index is 0.135. The summed E-state index contributed by atoms with van der Waals surface area (Å²) < 4.78 is 27.8. The van der Waals surface area contributed by atoms with Gasteiger partial charge in [-0.3, -0.25) is 9.59 Å². The highest BCUT2D eigenvalue weighted by Crippen LogP contribution is 2.29. The second-order valence-corrected chi connectivity index (χ2v) is 14.3. The minimum Gasteiger partial charge on any atom is -0.344 e. The number of sulfonamides is 1. The number of benzene rings is 3. The summed E-state index contributed by atoms with van der Waals surface area (Å²) in [6, 6.07) is 25.4. The zero-order valence-corrected chi connectivity index (χ0v) is 29.8. The predicted octanol–water partition coefficient (Wildman–Crippen LogP) is 7.83. The average molecular weight is 669 g/mol. The number of rotatable bonds is 16. The Kier molecular flexibility index (Phi) is 12.7. The van der Waals surface area contributed by atoms with Crippen molar-refractivity contribution in [2.45, 2.75) is 79.2 Å². The molecule has 1 heterocycles. The molecule has 3 aromatic carbocycles. The van der Waals surface area contributed by atoms with Crippen molar-refractivity contribution in [3.05, 3.63) is 118 Å². The average Bonchev–Trinajstić information content (AvgIpc) is 3.34. The summed E-state index contributed by atoms with van der Waals surface area (Å²) in [7, 11) is -3.27. The lowest BCUT2D eigenvalue weighted by Gasteiger charge is -2.17. The van der Waals surface area contributed by atoms with E-state index in [0.717, 1.165) is 60.0 Å². The minimum atomic E-state index is -3.27. The van der Waals surface area contributed by atoms with E-state index in [-0.39, 0.29) is 11.6 Å². The highest BCUT2D eigenvalue weighted by Gasteiger charge is 2.27. The highest BCUT2D eigenvalue weighted by molar-refractivity contribution is 7.88. The SMILES string of the molecule is CCCCc1ccc(NC(=O)C(=Nc2ccc(C(CC)CCNS(C)(=O)=O)cc2C)C(=O)c2cc(C)n(Cc3ccccc3)c2C)cc1. The van der Waals surface area contributed by atoms with Crippen LogP contribution in [0.1, 0.15) is 89.4 Å². The molecule has 0 spiro atoms. The topological polar surface area (TPSA) is 110 Å². The third-order valence-electron chi connectivity index (χ3n) is 8.74. The Morgan fingerprint density at radius 2 is 1.60 bits per heavy atom. The Bertz CT molecular complexity index is 1860. The van der Waals surface area contributed by atoms with Crippen molar-refractivity contribution in [2.75, 3.05) is 18.1 Å². The number of carbonyl (C=O) groups is 2. The monoisotopic (exact) mass is 668 g/mol. The molecule has 0 aliphatic rings. The number of anilines is 1. The number of hydrogen-bond acceptors (Lipinski definition) is 5. The third-order valence-corrected chi connectivity index (χ3v) is 9.47. The first-order chi connectivity index (χ1) is 22.9. The van der Waals surface area contributed by atoms with Gasteiger partial charge in [-0.1, -0.05) is 74.9 Å². The van der Waals surface area contributed by atoms with Crippen LogP contribution in [-0.4, -0.2) is 43.2 Å². The van der Waals surface area contributed by atoms with E-state index >= 15 is 0 Å². The molecule has 254 valence electrons. The molecule has 9 heteroatoms. The second kappa shape index (κ2) is 16.7. The summed E-state index contributed by atoms with van der Waals surface area (Å²) in [6.45, 7) is 10.9. The number of ketones is 1. The van der Waals surface area contributed by atoms with Gasteiger partial charge in [0.2, 0.25) is 15.8 Å². The summed E-state index contributed by atoms with van der Waals surface area (Å²) in [5.74, 6) is -0.882. The van der Waals surface area contributed by atoms with Gasteiger partial charge in [0.1, 0.15) is 0 Å². The maximum atomic E-state index is 14.3. The number of amides is 1. The van der Waals surface area contributed by atoms with E-state index in [4.69, 9.17) is 4.99 Å². The van der Waals surface area contributed by atoms with Crippen molar-refractivity contribution in [1.82, 2.24) is 9.29 Å². The van der Waals surface area contributed by atoms with Crippen LogP contribution < -0.4 is 10.0 Å². The Morgan fingerprint density at radius 1 is 0.896 bits per heavy atom. The molecule has 1 atom stereocenters. The molecule has 0 aliphatic heterocycles. The molecule has 0 saturated heterocycles. The van der Waals surface area contributed by atoms with E-state index in [9.17, 15) is 18.0 Å². The molecule has 48 heavy (non-hydrogen) atoms. The van der Waals surface area contributed by atoms with Gasteiger partial charge in [0.25, 0.3) is 5.91 Å². The van der Waals surface area contributed by atoms with Gasteiger partial charge >= 0.3 is 0 Å². The van der Waals surface area contributed by atoms with Crippen LogP contribution in [0.2, 0.25) is 0 Å². The molecule has 0 fully saturated rings. The number of nitrogens with zero attached hydrogens (tertiary/aromatic N) is 2. The number of aliphatic imine (C=N–C) groups is 1. The molecule has 0 saturated carbocycles. The van der Waals surface area contributed by atoms with Gasteiger partial charge in [-0.25, -0.2) is 18.1 Å². The van der Waals surface area contributed by atoms with Gasteiger partial charge in [-0.15, -0.1) is 0 Å². The molecule has 1 unspecified atom stereocenters. The number of aromatic nitrogens is 1. The van der Waals surface area contributed by atoms with Gasteiger partial charge in [0.05, 0.1) is 11.9 Å². The number of carbonyl (C=O) groups excluding carboxylic acids is 2. The molecule has 8 nitrogen and oxygen atoms in total. The number of hydrogen-bond donors (Lipinski definition) is 2. The molecule has 0 aliphatic carbocycles. The fourth-order valence-electron chi connectivity index (χ4n) is 5.90. The fraction of sp³-hybridized carbons (Fsp3) is 0.359. The Morgan fingerprint density at radius 3 is 2.23 bits per heavy atom. The number of aryl methyl sites for hydroxylation is 3. The van der Waals surface area contributed by atoms with Crippen LogP contribution >= 0.6 is 0 Å². The summed E-state index contributed by atoms with van der Waals surface area (Å²) >= 11 is 0. The largest absolute Gasteiger partial charge is 0.344 e. The second-order valence-electron chi connectivity index (χ2n) is 12.5. The van der Waals surface area contributed by atoms with Crippen LogP contribution in [-0.2, 0) is 27.8 Å². The quantitative estimate of drug-likeness (QED) is 0.0721. The zero-order valence-electron chi connectivity index (χ0n) is 29.0. The van der Waals surface area contributed by atoms with E-state index in [2.05, 4.69) is 28.5 Å². The first-order valence-electron chi connectivity index (χ1n) is 16.7. The molecule has 0 radical (unpaired) electrons. The lowest BCUT2D eigenvalue weighted by Crippen LogP contribution is -2.30. The molecule has 4 aromatic rings. The molecule has 4 rings (SSSR count). The summed E-state index contributed by atoms with van der Waals surface area (Å²) in [5.41, 5.74) is 7.21. The Labute approximate surface area is 285 Å². The van der Waals surface area contributed by atoms with Crippen LogP contribution in [0.4, 0.5) is 11.4 Å². The Hall–Kier alpha value is -4.34. The van der Waals surface area contributed by atoms with Gasteiger partial charge in [-0.2, -0.15) is 0 Å². The van der Waals surface area contributed by atoms with Gasteiger partial charge in [-0.05, 0) is 98.9 Å². The lowest BCUT2D eigenvalue weighted by atomic mass is 9.92. The van der Waals surface area contributed by atoms with E-state index in [0.29, 0.717) is 36.4 Å². The summed E-state index contributed by atoms with van der Waals surface area (Å²) in [6.07, 6.45) is 5.80. The van der Waals surface area contributed by atoms with E-state index in [1.807, 2.05) is 99.6 Å². The maximum absolute atomic E-state index is 14.3. The first kappa shape index (κ1) is 36.5. The van der Waals surface area contributed by atoms with Crippen molar-refractivity contribution in [3.63, 3.8) is 0 Å². The van der Waals surface area contributed by atoms with Gasteiger partial charge in [0.15, 0.2) is 5.71 Å². The number of nitrogens with one attached hydrogen (secondary N) is 2. The Balaban J connectivity index is 1.68. The van der Waals surface area contributed by atoms with Crippen LogP contribution in [0.5, 0.6) is 0 Å². The number of Topliss-reactive ketones (excluding diaryl/α,β-unsaturated/α-hetero) is 1. The molecule has 1 aromatic heterocycles. The molecular weight excluding hydrogens is 621 g/mol. The molecular formula is C39H48N4O4S. The van der Waals surface area contributed by atoms with Crippen LogP contribution in [0, 0.1) is 20.8 Å². The highest BCUT2D eigenvalue weighted by atomic mass is 32.2.